The Hall–Kier alpha value is -2.88. The largest absolute Gasteiger partial charge is 0.360 e. The fraction of sp³-hybridized carbons (Fsp3) is 0.543. The van der Waals surface area contributed by atoms with Crippen molar-refractivity contribution in [2.75, 3.05) is 5.32 Å². The summed E-state index contributed by atoms with van der Waals surface area (Å²) in [5.41, 5.74) is 5.08. The van der Waals surface area contributed by atoms with E-state index < -0.39 is 5.92 Å². The van der Waals surface area contributed by atoms with Crippen LogP contribution in [0.4, 0.5) is 5.69 Å². The average molecular weight is 531 g/mol. The number of anilines is 1. The molecule has 0 saturated carbocycles. The van der Waals surface area contributed by atoms with E-state index in [1.165, 1.54) is 57.8 Å². The Balaban J connectivity index is 1.66. The van der Waals surface area contributed by atoms with Gasteiger partial charge in [-0.1, -0.05) is 146 Å². The van der Waals surface area contributed by atoms with Crippen LogP contribution in [0.5, 0.6) is 0 Å². The number of rotatable bonds is 17. The molecule has 39 heavy (non-hydrogen) atoms. The van der Waals surface area contributed by atoms with Gasteiger partial charge < -0.3 is 9.84 Å². The SMILES string of the molecule is CCCCCCCCCCCCc1cc([C@H](C(=O)Nc2c(C(C)C)cccc2C(C)C)c2ccccc2)on1. The van der Waals surface area contributed by atoms with Gasteiger partial charge in [0.05, 0.1) is 5.69 Å². The second-order valence-electron chi connectivity index (χ2n) is 11.6. The van der Waals surface area contributed by atoms with Crippen molar-refractivity contribution >= 4 is 11.6 Å². The quantitative estimate of drug-likeness (QED) is 0.177. The van der Waals surface area contributed by atoms with Gasteiger partial charge in [-0.25, -0.2) is 0 Å². The molecular formula is C35H50N2O2. The molecule has 4 heteroatoms. The second-order valence-corrected chi connectivity index (χ2v) is 11.6. The second kappa shape index (κ2) is 16.3. The number of carbonyl (C=O) groups is 1. The van der Waals surface area contributed by atoms with E-state index in [0.29, 0.717) is 17.6 Å². The summed E-state index contributed by atoms with van der Waals surface area (Å²) in [6.07, 6.45) is 14.0. The Labute approximate surface area is 237 Å². The zero-order valence-corrected chi connectivity index (χ0v) is 25.0. The molecule has 0 saturated heterocycles. The van der Waals surface area contributed by atoms with Crippen LogP contribution in [0, 0.1) is 0 Å². The van der Waals surface area contributed by atoms with Crippen LogP contribution in [0.3, 0.4) is 0 Å². The molecule has 0 aliphatic rings. The summed E-state index contributed by atoms with van der Waals surface area (Å²) >= 11 is 0. The normalized spacial score (nSPS) is 12.3. The standard InChI is InChI=1S/C35H50N2O2/c1-6-7-8-9-10-11-12-13-14-18-22-29-25-32(39-37-29)33(28-20-16-15-17-21-28)35(38)36-34-30(26(2)3)23-19-24-31(34)27(4)5/h15-17,19-21,23-27,33H,6-14,18,22H2,1-5H3,(H,36,38)/t33-/m1/s1. The lowest BCUT2D eigenvalue weighted by molar-refractivity contribution is -0.117. The first-order chi connectivity index (χ1) is 18.9. The van der Waals surface area contributed by atoms with Crippen molar-refractivity contribution in [1.82, 2.24) is 5.16 Å². The summed E-state index contributed by atoms with van der Waals surface area (Å²) in [4.78, 5) is 13.9. The maximum Gasteiger partial charge on any atom is 0.239 e. The number of unbranched alkanes of at least 4 members (excludes halogenated alkanes) is 9. The molecule has 212 valence electrons. The van der Waals surface area contributed by atoms with Crippen LogP contribution < -0.4 is 5.32 Å². The van der Waals surface area contributed by atoms with Crippen LogP contribution in [0.15, 0.2) is 59.1 Å². The van der Waals surface area contributed by atoms with Gasteiger partial charge in [-0.3, -0.25) is 4.79 Å². The first kappa shape index (κ1) is 30.7. The lowest BCUT2D eigenvalue weighted by Crippen LogP contribution is -2.23. The Kier molecular flexibility index (Phi) is 12.8. The molecule has 0 aliphatic heterocycles. The highest BCUT2D eigenvalue weighted by Gasteiger charge is 2.29. The number of amides is 1. The minimum absolute atomic E-state index is 0.0853. The summed E-state index contributed by atoms with van der Waals surface area (Å²) in [5.74, 6) is 0.561. The lowest BCUT2D eigenvalue weighted by atomic mass is 9.91. The predicted molar refractivity (Wildman–Crippen MR) is 164 cm³/mol. The minimum Gasteiger partial charge on any atom is -0.360 e. The number of para-hydroxylation sites is 1. The van der Waals surface area contributed by atoms with Gasteiger partial charge in [0.15, 0.2) is 5.76 Å². The van der Waals surface area contributed by atoms with E-state index in [0.717, 1.165) is 40.9 Å². The van der Waals surface area contributed by atoms with Crippen LogP contribution in [-0.2, 0) is 11.2 Å². The van der Waals surface area contributed by atoms with Crippen LogP contribution in [0.25, 0.3) is 0 Å². The van der Waals surface area contributed by atoms with Crippen LogP contribution in [-0.4, -0.2) is 11.1 Å². The third-order valence-corrected chi connectivity index (χ3v) is 7.66. The van der Waals surface area contributed by atoms with Crippen LogP contribution in [0.2, 0.25) is 0 Å². The first-order valence-electron chi connectivity index (χ1n) is 15.4. The monoisotopic (exact) mass is 530 g/mol. The molecule has 1 amide bonds. The van der Waals surface area contributed by atoms with E-state index in [4.69, 9.17) is 4.52 Å². The van der Waals surface area contributed by atoms with E-state index in [9.17, 15) is 4.79 Å². The van der Waals surface area contributed by atoms with Gasteiger partial charge in [0, 0.05) is 11.8 Å². The molecule has 1 heterocycles. The highest BCUT2D eigenvalue weighted by Crippen LogP contribution is 2.35. The Morgan fingerprint density at radius 3 is 1.90 bits per heavy atom. The first-order valence-corrected chi connectivity index (χ1v) is 15.4. The highest BCUT2D eigenvalue weighted by atomic mass is 16.5. The smallest absolute Gasteiger partial charge is 0.239 e. The number of nitrogens with one attached hydrogen (secondary N) is 1. The fourth-order valence-electron chi connectivity index (χ4n) is 5.36. The highest BCUT2D eigenvalue weighted by molar-refractivity contribution is 5.99. The number of hydrogen-bond acceptors (Lipinski definition) is 3. The van der Waals surface area contributed by atoms with Crippen LogP contribution >= 0.6 is 0 Å². The molecule has 0 aliphatic carbocycles. The van der Waals surface area contributed by atoms with E-state index >= 15 is 0 Å². The number of nitrogens with zero attached hydrogens (tertiary/aromatic N) is 1. The molecular weight excluding hydrogens is 480 g/mol. The van der Waals surface area contributed by atoms with Gasteiger partial charge in [-0.05, 0) is 41.4 Å². The molecule has 1 N–H and O–H groups in total. The van der Waals surface area contributed by atoms with Crippen molar-refractivity contribution in [3.63, 3.8) is 0 Å². The van der Waals surface area contributed by atoms with Crippen molar-refractivity contribution in [3.05, 3.63) is 82.7 Å². The van der Waals surface area contributed by atoms with Gasteiger partial charge in [0.1, 0.15) is 5.92 Å². The van der Waals surface area contributed by atoms with E-state index in [-0.39, 0.29) is 5.91 Å². The lowest BCUT2D eigenvalue weighted by Gasteiger charge is -2.22. The summed E-state index contributed by atoms with van der Waals surface area (Å²) in [7, 11) is 0. The number of aryl methyl sites for hydroxylation is 1. The third-order valence-electron chi connectivity index (χ3n) is 7.66. The van der Waals surface area contributed by atoms with Gasteiger partial charge in [-0.2, -0.15) is 0 Å². The molecule has 0 bridgehead atoms. The van der Waals surface area contributed by atoms with Gasteiger partial charge in [0.2, 0.25) is 5.91 Å². The number of aromatic nitrogens is 1. The summed E-state index contributed by atoms with van der Waals surface area (Å²) in [6.45, 7) is 10.9. The van der Waals surface area contributed by atoms with E-state index in [1.807, 2.05) is 36.4 Å². The molecule has 1 atom stereocenters. The van der Waals surface area contributed by atoms with Gasteiger partial charge in [0.25, 0.3) is 0 Å². The van der Waals surface area contributed by atoms with Crippen LogP contribution in [0.1, 0.15) is 145 Å². The minimum atomic E-state index is -0.555. The van der Waals surface area contributed by atoms with Crippen molar-refractivity contribution in [1.29, 1.82) is 0 Å². The van der Waals surface area contributed by atoms with Crippen molar-refractivity contribution in [3.8, 4) is 0 Å². The molecule has 0 fully saturated rings. The summed E-state index contributed by atoms with van der Waals surface area (Å²) in [5, 5.41) is 7.67. The number of hydrogen-bond donors (Lipinski definition) is 1. The van der Waals surface area contributed by atoms with Gasteiger partial charge >= 0.3 is 0 Å². The maximum absolute atomic E-state index is 13.9. The summed E-state index contributed by atoms with van der Waals surface area (Å²) < 4.78 is 5.83. The van der Waals surface area contributed by atoms with E-state index in [1.54, 1.807) is 0 Å². The average Bonchev–Trinajstić information content (AvgIpc) is 3.38. The molecule has 3 aromatic rings. The van der Waals surface area contributed by atoms with Crippen molar-refractivity contribution in [2.24, 2.45) is 0 Å². The van der Waals surface area contributed by atoms with Gasteiger partial charge in [-0.15, -0.1) is 0 Å². The van der Waals surface area contributed by atoms with E-state index in [2.05, 4.69) is 63.3 Å². The predicted octanol–water partition coefficient (Wildman–Crippen LogP) is 10.2. The zero-order chi connectivity index (χ0) is 28.0. The maximum atomic E-state index is 13.9. The zero-order valence-electron chi connectivity index (χ0n) is 25.0. The molecule has 3 rings (SSSR count). The van der Waals surface area contributed by atoms with Crippen molar-refractivity contribution in [2.45, 2.75) is 123 Å². The third kappa shape index (κ3) is 9.37. The number of benzene rings is 2. The molecule has 0 radical (unpaired) electrons. The van der Waals surface area contributed by atoms with Crippen molar-refractivity contribution < 1.29 is 9.32 Å². The Bertz CT molecular complexity index is 1090. The molecule has 0 unspecified atom stereocenters. The Morgan fingerprint density at radius 2 is 1.33 bits per heavy atom. The molecule has 2 aromatic carbocycles. The fourth-order valence-corrected chi connectivity index (χ4v) is 5.36. The molecule has 4 nitrogen and oxygen atoms in total. The molecule has 0 spiro atoms. The number of carbonyl (C=O) groups excluding carboxylic acids is 1. The molecule has 1 aromatic heterocycles. The topological polar surface area (TPSA) is 55.1 Å². The summed E-state index contributed by atoms with van der Waals surface area (Å²) in [6, 6.07) is 18.2. The Morgan fingerprint density at radius 1 is 0.769 bits per heavy atom.